The predicted molar refractivity (Wildman–Crippen MR) is 73.0 cm³/mol. The SMILES string of the molecule is CCCCNS(=O)(=O)CCOc1ccccc1N. The van der Waals surface area contributed by atoms with Crippen molar-refractivity contribution in [1.82, 2.24) is 4.72 Å². The first kappa shape index (κ1) is 14.8. The van der Waals surface area contributed by atoms with Crippen LogP contribution in [0.2, 0.25) is 0 Å². The number of sulfonamides is 1. The molecule has 0 amide bonds. The number of ether oxygens (including phenoxy) is 1. The summed E-state index contributed by atoms with van der Waals surface area (Å²) in [6.07, 6.45) is 1.80. The summed E-state index contributed by atoms with van der Waals surface area (Å²) in [5, 5.41) is 0. The molecule has 1 aromatic rings. The number of benzene rings is 1. The Morgan fingerprint density at radius 1 is 1.33 bits per heavy atom. The first-order chi connectivity index (χ1) is 8.55. The van der Waals surface area contributed by atoms with Crippen LogP contribution in [0.1, 0.15) is 19.8 Å². The van der Waals surface area contributed by atoms with Gasteiger partial charge in [0.2, 0.25) is 10.0 Å². The van der Waals surface area contributed by atoms with Gasteiger partial charge in [-0.1, -0.05) is 25.5 Å². The molecule has 102 valence electrons. The van der Waals surface area contributed by atoms with Gasteiger partial charge in [-0.2, -0.15) is 0 Å². The molecule has 0 fully saturated rings. The predicted octanol–water partition coefficient (Wildman–Crippen LogP) is 1.37. The highest BCUT2D eigenvalue weighted by molar-refractivity contribution is 7.89. The molecule has 0 atom stereocenters. The minimum absolute atomic E-state index is 0.0644. The van der Waals surface area contributed by atoms with Crippen LogP contribution in [0.3, 0.4) is 0 Å². The molecule has 1 rings (SSSR count). The van der Waals surface area contributed by atoms with Crippen LogP contribution in [0, 0.1) is 0 Å². The molecule has 0 saturated carbocycles. The van der Waals surface area contributed by atoms with Gasteiger partial charge in [0.1, 0.15) is 12.4 Å². The van der Waals surface area contributed by atoms with Crippen molar-refractivity contribution >= 4 is 15.7 Å². The Morgan fingerprint density at radius 2 is 2.06 bits per heavy atom. The standard InChI is InChI=1S/C12H20N2O3S/c1-2-3-8-14-18(15,16)10-9-17-12-7-5-4-6-11(12)13/h4-7,14H,2-3,8-10,13H2,1H3. The van der Waals surface area contributed by atoms with E-state index in [2.05, 4.69) is 4.72 Å². The maximum Gasteiger partial charge on any atom is 0.214 e. The lowest BCUT2D eigenvalue weighted by molar-refractivity contribution is 0.342. The third-order valence-electron chi connectivity index (χ3n) is 2.38. The van der Waals surface area contributed by atoms with Crippen molar-refractivity contribution in [1.29, 1.82) is 0 Å². The highest BCUT2D eigenvalue weighted by Gasteiger charge is 2.09. The van der Waals surface area contributed by atoms with Gasteiger partial charge in [0.25, 0.3) is 0 Å². The van der Waals surface area contributed by atoms with E-state index >= 15 is 0 Å². The van der Waals surface area contributed by atoms with Crippen molar-refractivity contribution < 1.29 is 13.2 Å². The van der Waals surface area contributed by atoms with Crippen LogP contribution in [0.25, 0.3) is 0 Å². The summed E-state index contributed by atoms with van der Waals surface area (Å²) < 4.78 is 31.0. The Morgan fingerprint density at radius 3 is 2.72 bits per heavy atom. The van der Waals surface area contributed by atoms with E-state index < -0.39 is 10.0 Å². The fourth-order valence-corrected chi connectivity index (χ4v) is 2.25. The van der Waals surface area contributed by atoms with Crippen molar-refractivity contribution in [2.45, 2.75) is 19.8 Å². The number of hydrogen-bond donors (Lipinski definition) is 2. The molecule has 6 heteroatoms. The van der Waals surface area contributed by atoms with Crippen LogP contribution in [-0.4, -0.2) is 27.3 Å². The molecule has 0 aliphatic rings. The van der Waals surface area contributed by atoms with Crippen LogP contribution in [-0.2, 0) is 10.0 Å². The van der Waals surface area contributed by atoms with Crippen molar-refractivity contribution in [3.63, 3.8) is 0 Å². The Balaban J connectivity index is 2.35. The summed E-state index contributed by atoms with van der Waals surface area (Å²) in [4.78, 5) is 0. The smallest absolute Gasteiger partial charge is 0.214 e. The summed E-state index contributed by atoms with van der Waals surface area (Å²) in [5.41, 5.74) is 6.19. The molecule has 5 nitrogen and oxygen atoms in total. The second-order valence-corrected chi connectivity index (χ2v) is 5.88. The monoisotopic (exact) mass is 272 g/mol. The first-order valence-electron chi connectivity index (χ1n) is 6.00. The highest BCUT2D eigenvalue weighted by atomic mass is 32.2. The lowest BCUT2D eigenvalue weighted by Crippen LogP contribution is -2.29. The van der Waals surface area contributed by atoms with Crippen LogP contribution in [0.15, 0.2) is 24.3 Å². The summed E-state index contributed by atoms with van der Waals surface area (Å²) in [6, 6.07) is 7.01. The van der Waals surface area contributed by atoms with Crippen LogP contribution >= 0.6 is 0 Å². The number of hydrogen-bond acceptors (Lipinski definition) is 4. The van der Waals surface area contributed by atoms with Crippen LogP contribution in [0.4, 0.5) is 5.69 Å². The highest BCUT2D eigenvalue weighted by Crippen LogP contribution is 2.19. The average Bonchev–Trinajstić information content (AvgIpc) is 2.32. The molecule has 18 heavy (non-hydrogen) atoms. The van der Waals surface area contributed by atoms with E-state index in [4.69, 9.17) is 10.5 Å². The Kier molecular flexibility index (Phi) is 5.94. The van der Waals surface area contributed by atoms with E-state index in [9.17, 15) is 8.42 Å². The molecule has 0 spiro atoms. The molecule has 0 radical (unpaired) electrons. The third-order valence-corrected chi connectivity index (χ3v) is 3.73. The van der Waals surface area contributed by atoms with Gasteiger partial charge in [-0.3, -0.25) is 0 Å². The van der Waals surface area contributed by atoms with E-state index in [1.54, 1.807) is 24.3 Å². The molecule has 0 aromatic heterocycles. The third kappa shape index (κ3) is 5.37. The Bertz CT molecular complexity index is 460. The van der Waals surface area contributed by atoms with E-state index in [1.807, 2.05) is 6.92 Å². The largest absolute Gasteiger partial charge is 0.490 e. The van der Waals surface area contributed by atoms with Gasteiger partial charge >= 0.3 is 0 Å². The van der Waals surface area contributed by atoms with Crippen molar-refractivity contribution in [2.24, 2.45) is 0 Å². The average molecular weight is 272 g/mol. The van der Waals surface area contributed by atoms with Gasteiger partial charge in [0, 0.05) is 6.54 Å². The molecule has 0 bridgehead atoms. The van der Waals surface area contributed by atoms with Crippen molar-refractivity contribution in [3.05, 3.63) is 24.3 Å². The number of rotatable bonds is 8. The number of unbranched alkanes of at least 4 members (excludes halogenated alkanes) is 1. The topological polar surface area (TPSA) is 81.4 Å². The lowest BCUT2D eigenvalue weighted by Gasteiger charge is -2.09. The molecule has 0 unspecified atom stereocenters. The minimum atomic E-state index is -3.25. The summed E-state index contributed by atoms with van der Waals surface area (Å²) in [5.74, 6) is 0.451. The first-order valence-corrected chi connectivity index (χ1v) is 7.65. The van der Waals surface area contributed by atoms with Gasteiger partial charge in [-0.15, -0.1) is 0 Å². The second kappa shape index (κ2) is 7.23. The van der Waals surface area contributed by atoms with Crippen LogP contribution in [0.5, 0.6) is 5.75 Å². The number of para-hydroxylation sites is 2. The number of nitrogens with one attached hydrogen (secondary N) is 1. The number of nitrogens with two attached hydrogens (primary N) is 1. The van der Waals surface area contributed by atoms with E-state index in [0.29, 0.717) is 18.0 Å². The van der Waals surface area contributed by atoms with Gasteiger partial charge < -0.3 is 10.5 Å². The Hall–Kier alpha value is -1.27. The second-order valence-electron chi connectivity index (χ2n) is 3.95. The fourth-order valence-electron chi connectivity index (χ4n) is 1.35. The van der Waals surface area contributed by atoms with Gasteiger partial charge in [-0.25, -0.2) is 13.1 Å². The molecule has 0 saturated heterocycles. The van der Waals surface area contributed by atoms with E-state index in [0.717, 1.165) is 12.8 Å². The summed E-state index contributed by atoms with van der Waals surface area (Å²) >= 11 is 0. The Labute approximate surface area is 108 Å². The molecule has 3 N–H and O–H groups in total. The van der Waals surface area contributed by atoms with Gasteiger partial charge in [0.05, 0.1) is 11.4 Å². The fraction of sp³-hybridized carbons (Fsp3) is 0.500. The van der Waals surface area contributed by atoms with Crippen molar-refractivity contribution in [3.8, 4) is 5.75 Å². The summed E-state index contributed by atoms with van der Waals surface area (Å²) in [7, 11) is -3.25. The lowest BCUT2D eigenvalue weighted by atomic mass is 10.3. The molecular formula is C12H20N2O3S. The molecule has 0 aliphatic heterocycles. The zero-order valence-electron chi connectivity index (χ0n) is 10.6. The molecule has 0 aliphatic carbocycles. The quantitative estimate of drug-likeness (QED) is 0.553. The molecule has 1 aromatic carbocycles. The minimum Gasteiger partial charge on any atom is -0.490 e. The van der Waals surface area contributed by atoms with Gasteiger partial charge in [-0.05, 0) is 18.6 Å². The summed E-state index contributed by atoms with van der Waals surface area (Å²) in [6.45, 7) is 2.58. The van der Waals surface area contributed by atoms with E-state index in [-0.39, 0.29) is 12.4 Å². The van der Waals surface area contributed by atoms with Crippen LogP contribution < -0.4 is 15.2 Å². The molecule has 0 heterocycles. The van der Waals surface area contributed by atoms with E-state index in [1.165, 1.54) is 0 Å². The zero-order chi connectivity index (χ0) is 13.4. The van der Waals surface area contributed by atoms with Crippen molar-refractivity contribution in [2.75, 3.05) is 24.6 Å². The number of nitrogen functional groups attached to an aromatic ring is 1. The maximum absolute atomic E-state index is 11.6. The zero-order valence-corrected chi connectivity index (χ0v) is 11.4. The molecular weight excluding hydrogens is 252 g/mol. The number of anilines is 1. The van der Waals surface area contributed by atoms with Gasteiger partial charge in [0.15, 0.2) is 0 Å². The maximum atomic E-state index is 11.6. The normalized spacial score (nSPS) is 11.4.